The van der Waals surface area contributed by atoms with Crippen molar-refractivity contribution in [2.75, 3.05) is 0 Å². The van der Waals surface area contributed by atoms with E-state index in [4.69, 9.17) is 0 Å². The van der Waals surface area contributed by atoms with E-state index in [2.05, 4.69) is 19.6 Å². The first-order chi connectivity index (χ1) is 7.22. The highest BCUT2D eigenvalue weighted by Crippen LogP contribution is 2.34. The molecule has 0 saturated heterocycles. The SMILES string of the molecule is Cc1scc(C(C)CC(C)(C)S)c1C(=O)O. The molecule has 0 spiro atoms. The molecule has 4 heteroatoms. The van der Waals surface area contributed by atoms with E-state index in [1.54, 1.807) is 0 Å². The van der Waals surface area contributed by atoms with Crippen LogP contribution >= 0.6 is 24.0 Å². The van der Waals surface area contributed by atoms with Crippen molar-refractivity contribution < 1.29 is 9.90 Å². The number of carbonyl (C=O) groups is 1. The number of hydrogen-bond donors (Lipinski definition) is 2. The zero-order chi connectivity index (χ0) is 12.5. The van der Waals surface area contributed by atoms with Crippen molar-refractivity contribution in [2.45, 2.75) is 44.8 Å². The fourth-order valence-corrected chi connectivity index (χ4v) is 3.22. The number of aryl methyl sites for hydroxylation is 1. The summed E-state index contributed by atoms with van der Waals surface area (Å²) >= 11 is 6.00. The van der Waals surface area contributed by atoms with Crippen molar-refractivity contribution in [3.8, 4) is 0 Å². The van der Waals surface area contributed by atoms with E-state index in [9.17, 15) is 9.90 Å². The topological polar surface area (TPSA) is 37.3 Å². The van der Waals surface area contributed by atoms with Gasteiger partial charge in [-0.05, 0) is 30.2 Å². The Kier molecular flexibility index (Phi) is 4.07. The number of thiophene rings is 1. The molecule has 90 valence electrons. The van der Waals surface area contributed by atoms with Crippen molar-refractivity contribution in [1.29, 1.82) is 0 Å². The Morgan fingerprint density at radius 1 is 1.62 bits per heavy atom. The summed E-state index contributed by atoms with van der Waals surface area (Å²) in [6.07, 6.45) is 0.868. The minimum absolute atomic E-state index is 0.0783. The maximum atomic E-state index is 11.2. The van der Waals surface area contributed by atoms with Crippen LogP contribution < -0.4 is 0 Å². The van der Waals surface area contributed by atoms with Gasteiger partial charge in [-0.25, -0.2) is 4.79 Å². The Bertz CT molecular complexity index is 388. The third-order valence-corrected chi connectivity index (χ3v) is 3.67. The molecule has 0 aliphatic rings. The molecule has 1 aromatic rings. The number of carboxylic acids is 1. The highest BCUT2D eigenvalue weighted by atomic mass is 32.1. The molecule has 2 nitrogen and oxygen atoms in total. The van der Waals surface area contributed by atoms with Crippen LogP contribution in [0.25, 0.3) is 0 Å². The maximum absolute atomic E-state index is 11.2. The number of hydrogen-bond acceptors (Lipinski definition) is 3. The van der Waals surface area contributed by atoms with Gasteiger partial charge in [0, 0.05) is 9.62 Å². The average Bonchev–Trinajstić information content (AvgIpc) is 2.43. The second-order valence-corrected chi connectivity index (χ2v) is 7.14. The minimum Gasteiger partial charge on any atom is -0.478 e. The summed E-state index contributed by atoms with van der Waals surface area (Å²) in [5.74, 6) is -0.596. The standard InChI is InChI=1S/C12H18O2S2/c1-7(5-12(3,4)15)9-6-16-8(2)10(9)11(13)14/h6-7,15H,5H2,1-4H3,(H,13,14). The van der Waals surface area contributed by atoms with Gasteiger partial charge in [-0.2, -0.15) is 12.6 Å². The molecule has 1 rings (SSSR count). The summed E-state index contributed by atoms with van der Waals surface area (Å²) in [5.41, 5.74) is 1.42. The Morgan fingerprint density at radius 2 is 2.19 bits per heavy atom. The van der Waals surface area contributed by atoms with Gasteiger partial charge < -0.3 is 5.11 Å². The molecule has 0 saturated carbocycles. The van der Waals surface area contributed by atoms with E-state index in [1.807, 2.05) is 26.2 Å². The van der Waals surface area contributed by atoms with Gasteiger partial charge in [-0.15, -0.1) is 11.3 Å². The Balaban J connectivity index is 3.00. The lowest BCUT2D eigenvalue weighted by atomic mass is 9.90. The summed E-state index contributed by atoms with van der Waals surface area (Å²) in [6, 6.07) is 0. The first-order valence-corrected chi connectivity index (χ1v) is 6.58. The maximum Gasteiger partial charge on any atom is 0.337 e. The number of thiol groups is 1. The van der Waals surface area contributed by atoms with Gasteiger partial charge in [-0.1, -0.05) is 20.8 Å². The molecule has 16 heavy (non-hydrogen) atoms. The van der Waals surface area contributed by atoms with Crippen LogP contribution in [0.3, 0.4) is 0 Å². The van der Waals surface area contributed by atoms with Crippen LogP contribution in [0, 0.1) is 6.92 Å². The zero-order valence-corrected chi connectivity index (χ0v) is 11.8. The van der Waals surface area contributed by atoms with Gasteiger partial charge in [0.1, 0.15) is 0 Å². The third-order valence-electron chi connectivity index (χ3n) is 2.55. The lowest BCUT2D eigenvalue weighted by molar-refractivity contribution is 0.0695. The first-order valence-electron chi connectivity index (χ1n) is 5.26. The number of carboxylic acid groups (broad SMARTS) is 1. The quantitative estimate of drug-likeness (QED) is 0.802. The van der Waals surface area contributed by atoms with E-state index in [-0.39, 0.29) is 10.7 Å². The van der Waals surface area contributed by atoms with Crippen molar-refractivity contribution in [2.24, 2.45) is 0 Å². The van der Waals surface area contributed by atoms with E-state index in [0.29, 0.717) is 5.56 Å². The van der Waals surface area contributed by atoms with Gasteiger partial charge in [0.25, 0.3) is 0 Å². The third kappa shape index (κ3) is 3.25. The second kappa shape index (κ2) is 4.80. The van der Waals surface area contributed by atoms with Crippen molar-refractivity contribution in [3.63, 3.8) is 0 Å². The molecule has 0 aromatic carbocycles. The molecule has 0 aliphatic heterocycles. The fraction of sp³-hybridized carbons (Fsp3) is 0.583. The molecule has 0 fully saturated rings. The highest BCUT2D eigenvalue weighted by molar-refractivity contribution is 7.81. The molecule has 0 aliphatic carbocycles. The van der Waals surface area contributed by atoms with E-state index < -0.39 is 5.97 Å². The molecule has 1 atom stereocenters. The van der Waals surface area contributed by atoms with Gasteiger partial charge >= 0.3 is 5.97 Å². The van der Waals surface area contributed by atoms with Crippen LogP contribution in [-0.2, 0) is 0 Å². The molecule has 1 unspecified atom stereocenters. The second-order valence-electron chi connectivity index (χ2n) is 4.84. The largest absolute Gasteiger partial charge is 0.478 e. The average molecular weight is 258 g/mol. The van der Waals surface area contributed by atoms with Gasteiger partial charge in [0.2, 0.25) is 0 Å². The summed E-state index contributed by atoms with van der Waals surface area (Å²) in [5, 5.41) is 11.1. The van der Waals surface area contributed by atoms with Crippen molar-refractivity contribution in [3.05, 3.63) is 21.4 Å². The van der Waals surface area contributed by atoms with Crippen LogP contribution in [-0.4, -0.2) is 15.8 Å². The Labute approximate surface area is 106 Å². The molecule has 1 aromatic heterocycles. The predicted molar refractivity (Wildman–Crippen MR) is 72.1 cm³/mol. The van der Waals surface area contributed by atoms with E-state index in [1.165, 1.54) is 11.3 Å². The number of aromatic carboxylic acids is 1. The summed E-state index contributed by atoms with van der Waals surface area (Å²) < 4.78 is -0.0783. The van der Waals surface area contributed by atoms with Crippen molar-refractivity contribution in [1.82, 2.24) is 0 Å². The van der Waals surface area contributed by atoms with Crippen LogP contribution in [0.1, 0.15) is 53.9 Å². The summed E-state index contributed by atoms with van der Waals surface area (Å²) in [4.78, 5) is 12.0. The van der Waals surface area contributed by atoms with Crippen LogP contribution in [0.4, 0.5) is 0 Å². The number of rotatable bonds is 4. The smallest absolute Gasteiger partial charge is 0.337 e. The fourth-order valence-electron chi connectivity index (χ4n) is 1.97. The summed E-state index contributed by atoms with van der Waals surface area (Å²) in [7, 11) is 0. The van der Waals surface area contributed by atoms with Crippen molar-refractivity contribution >= 4 is 29.9 Å². The monoisotopic (exact) mass is 258 g/mol. The van der Waals surface area contributed by atoms with Gasteiger partial charge in [-0.3, -0.25) is 0 Å². The van der Waals surface area contributed by atoms with Crippen LogP contribution in [0.15, 0.2) is 5.38 Å². The normalized spacial score (nSPS) is 13.8. The zero-order valence-electron chi connectivity index (χ0n) is 10.1. The van der Waals surface area contributed by atoms with E-state index >= 15 is 0 Å². The molecular formula is C12H18O2S2. The molecule has 0 bridgehead atoms. The molecule has 1 N–H and O–H groups in total. The Hall–Kier alpha value is -0.480. The molecular weight excluding hydrogens is 240 g/mol. The molecule has 0 radical (unpaired) electrons. The predicted octanol–water partition coefficient (Wildman–Crippen LogP) is 3.96. The summed E-state index contributed by atoms with van der Waals surface area (Å²) in [6.45, 7) is 8.01. The first kappa shape index (κ1) is 13.6. The lowest BCUT2D eigenvalue weighted by Crippen LogP contribution is -2.15. The van der Waals surface area contributed by atoms with Crippen LogP contribution in [0.2, 0.25) is 0 Å². The van der Waals surface area contributed by atoms with E-state index in [0.717, 1.165) is 16.9 Å². The highest BCUT2D eigenvalue weighted by Gasteiger charge is 2.23. The molecule has 0 amide bonds. The lowest BCUT2D eigenvalue weighted by Gasteiger charge is -2.22. The van der Waals surface area contributed by atoms with Gasteiger partial charge in [0.15, 0.2) is 0 Å². The van der Waals surface area contributed by atoms with Gasteiger partial charge in [0.05, 0.1) is 5.56 Å². The van der Waals surface area contributed by atoms with Crippen LogP contribution in [0.5, 0.6) is 0 Å². The Morgan fingerprint density at radius 3 is 2.62 bits per heavy atom. The minimum atomic E-state index is -0.822. The molecule has 1 heterocycles.